The molecule has 0 unspecified atom stereocenters. The van der Waals surface area contributed by atoms with E-state index < -0.39 is 0 Å². The third-order valence-corrected chi connectivity index (χ3v) is 3.39. The topological polar surface area (TPSA) is 29.1 Å². The lowest BCUT2D eigenvalue weighted by Crippen LogP contribution is -2.43. The molecule has 2 rings (SSSR count). The van der Waals surface area contributed by atoms with Gasteiger partial charge in [0.25, 0.3) is 5.91 Å². The molecule has 0 heterocycles. The highest BCUT2D eigenvalue weighted by molar-refractivity contribution is 6.18. The number of alkyl halides is 1. The van der Waals surface area contributed by atoms with Crippen molar-refractivity contribution in [3.63, 3.8) is 0 Å². The Bertz CT molecular complexity index is 587. The molecule has 0 bridgehead atoms. The average molecular weight is 276 g/mol. The summed E-state index contributed by atoms with van der Waals surface area (Å²) in [6, 6.07) is 13.7. The van der Waals surface area contributed by atoms with Crippen LogP contribution in [0.25, 0.3) is 10.8 Å². The van der Waals surface area contributed by atoms with Crippen LogP contribution < -0.4 is 5.32 Å². The van der Waals surface area contributed by atoms with Crippen molar-refractivity contribution in [1.82, 2.24) is 5.32 Å². The smallest absolute Gasteiger partial charge is 0.252 e. The first kappa shape index (κ1) is 13.9. The lowest BCUT2D eigenvalue weighted by Gasteiger charge is -2.25. The number of hydrogen-bond donors (Lipinski definition) is 1. The molecule has 3 heteroatoms. The summed E-state index contributed by atoms with van der Waals surface area (Å²) < 4.78 is 0. The predicted octanol–water partition coefficient (Wildman–Crippen LogP) is 3.98. The van der Waals surface area contributed by atoms with Gasteiger partial charge in [-0.05, 0) is 37.1 Å². The Morgan fingerprint density at radius 1 is 1.16 bits per heavy atom. The number of fused-ring (bicyclic) bond motifs is 1. The monoisotopic (exact) mass is 275 g/mol. The third-order valence-electron chi connectivity index (χ3n) is 3.21. The molecular weight excluding hydrogens is 258 g/mol. The van der Waals surface area contributed by atoms with Crippen molar-refractivity contribution in [2.75, 3.05) is 5.88 Å². The third kappa shape index (κ3) is 3.27. The van der Waals surface area contributed by atoms with E-state index in [0.717, 1.165) is 17.2 Å². The van der Waals surface area contributed by atoms with Crippen LogP contribution in [0.15, 0.2) is 42.5 Å². The molecule has 0 atom stereocenters. The van der Waals surface area contributed by atoms with E-state index in [-0.39, 0.29) is 11.4 Å². The molecular formula is C16H18ClNO. The van der Waals surface area contributed by atoms with E-state index in [1.54, 1.807) is 0 Å². The molecule has 0 fully saturated rings. The van der Waals surface area contributed by atoms with Gasteiger partial charge in [-0.1, -0.05) is 36.4 Å². The Kier molecular flexibility index (Phi) is 4.11. The molecule has 0 radical (unpaired) electrons. The molecule has 2 aromatic carbocycles. The Balaban J connectivity index is 2.32. The number of carbonyl (C=O) groups excluding carboxylic acids is 1. The summed E-state index contributed by atoms with van der Waals surface area (Å²) in [5.41, 5.74) is 0.413. The minimum Gasteiger partial charge on any atom is -0.347 e. The summed E-state index contributed by atoms with van der Waals surface area (Å²) in [5.74, 6) is 0.481. The second-order valence-corrected chi connectivity index (χ2v) is 5.68. The molecule has 100 valence electrons. The molecule has 0 saturated heterocycles. The van der Waals surface area contributed by atoms with Gasteiger partial charge >= 0.3 is 0 Å². The van der Waals surface area contributed by atoms with Gasteiger partial charge in [-0.2, -0.15) is 0 Å². The van der Waals surface area contributed by atoms with Crippen LogP contribution >= 0.6 is 11.6 Å². The fraction of sp³-hybridized carbons (Fsp3) is 0.312. The number of amides is 1. The van der Waals surface area contributed by atoms with Crippen molar-refractivity contribution in [2.24, 2.45) is 0 Å². The zero-order valence-electron chi connectivity index (χ0n) is 11.2. The molecule has 1 N–H and O–H groups in total. The fourth-order valence-corrected chi connectivity index (χ4v) is 2.57. The average Bonchev–Trinajstić information content (AvgIpc) is 2.37. The van der Waals surface area contributed by atoms with Crippen LogP contribution in [-0.2, 0) is 0 Å². The predicted molar refractivity (Wildman–Crippen MR) is 80.8 cm³/mol. The van der Waals surface area contributed by atoms with Crippen molar-refractivity contribution in [1.29, 1.82) is 0 Å². The van der Waals surface area contributed by atoms with Gasteiger partial charge < -0.3 is 5.32 Å². The molecule has 0 aromatic heterocycles. The first-order chi connectivity index (χ1) is 9.03. The Hall–Kier alpha value is -1.54. The first-order valence-electron chi connectivity index (χ1n) is 6.40. The van der Waals surface area contributed by atoms with E-state index in [0.29, 0.717) is 11.4 Å². The standard InChI is InChI=1S/C16H18ClNO/c1-16(2,10-11-17)18-15(19)14-9-5-7-12-6-3-4-8-13(12)14/h3-9H,10-11H2,1-2H3,(H,18,19). The van der Waals surface area contributed by atoms with E-state index in [1.165, 1.54) is 0 Å². The van der Waals surface area contributed by atoms with Gasteiger partial charge in [0.05, 0.1) is 0 Å². The number of hydrogen-bond acceptors (Lipinski definition) is 1. The number of rotatable bonds is 4. The van der Waals surface area contributed by atoms with Crippen LogP contribution in [0.5, 0.6) is 0 Å². The molecule has 0 saturated carbocycles. The van der Waals surface area contributed by atoms with Crippen LogP contribution in [0.2, 0.25) is 0 Å². The Morgan fingerprint density at radius 2 is 1.84 bits per heavy atom. The molecule has 1 amide bonds. The quantitative estimate of drug-likeness (QED) is 0.841. The lowest BCUT2D eigenvalue weighted by atomic mass is 9.99. The van der Waals surface area contributed by atoms with Crippen LogP contribution in [-0.4, -0.2) is 17.3 Å². The summed E-state index contributed by atoms with van der Waals surface area (Å²) >= 11 is 5.76. The minimum absolute atomic E-state index is 0.0492. The van der Waals surface area contributed by atoms with Gasteiger partial charge in [0.2, 0.25) is 0 Å². The van der Waals surface area contributed by atoms with E-state index in [1.807, 2.05) is 56.3 Å². The van der Waals surface area contributed by atoms with Gasteiger partial charge in [-0.15, -0.1) is 11.6 Å². The maximum atomic E-state index is 12.4. The number of halogens is 1. The highest BCUT2D eigenvalue weighted by atomic mass is 35.5. The zero-order chi connectivity index (χ0) is 13.9. The molecule has 2 aromatic rings. The summed E-state index contributed by atoms with van der Waals surface area (Å²) in [4.78, 5) is 12.4. The Labute approximate surface area is 118 Å². The van der Waals surface area contributed by atoms with E-state index in [9.17, 15) is 4.79 Å². The van der Waals surface area contributed by atoms with Gasteiger partial charge in [0.1, 0.15) is 0 Å². The molecule has 2 nitrogen and oxygen atoms in total. The van der Waals surface area contributed by atoms with Crippen molar-refractivity contribution in [3.8, 4) is 0 Å². The largest absolute Gasteiger partial charge is 0.347 e. The Morgan fingerprint density at radius 3 is 2.58 bits per heavy atom. The lowest BCUT2D eigenvalue weighted by molar-refractivity contribution is 0.0913. The minimum atomic E-state index is -0.296. The second kappa shape index (κ2) is 5.62. The van der Waals surface area contributed by atoms with Gasteiger partial charge in [0, 0.05) is 17.0 Å². The highest BCUT2D eigenvalue weighted by Crippen LogP contribution is 2.19. The summed E-state index contributed by atoms with van der Waals surface area (Å²) in [7, 11) is 0. The van der Waals surface area contributed by atoms with Crippen LogP contribution in [0.3, 0.4) is 0 Å². The second-order valence-electron chi connectivity index (χ2n) is 5.30. The fourth-order valence-electron chi connectivity index (χ4n) is 2.10. The number of nitrogens with one attached hydrogen (secondary N) is 1. The molecule has 0 aliphatic heterocycles. The molecule has 0 aliphatic rings. The summed E-state index contributed by atoms with van der Waals surface area (Å²) in [5, 5.41) is 5.09. The van der Waals surface area contributed by atoms with Crippen molar-refractivity contribution in [3.05, 3.63) is 48.0 Å². The number of carbonyl (C=O) groups is 1. The van der Waals surface area contributed by atoms with Crippen LogP contribution in [0.1, 0.15) is 30.6 Å². The van der Waals surface area contributed by atoms with Gasteiger partial charge in [-0.3, -0.25) is 4.79 Å². The molecule has 0 aliphatic carbocycles. The molecule has 19 heavy (non-hydrogen) atoms. The highest BCUT2D eigenvalue weighted by Gasteiger charge is 2.21. The van der Waals surface area contributed by atoms with Crippen molar-refractivity contribution in [2.45, 2.75) is 25.8 Å². The van der Waals surface area contributed by atoms with Crippen molar-refractivity contribution >= 4 is 28.3 Å². The van der Waals surface area contributed by atoms with Crippen molar-refractivity contribution < 1.29 is 4.79 Å². The summed E-state index contributed by atoms with van der Waals surface area (Å²) in [6.07, 6.45) is 0.741. The maximum Gasteiger partial charge on any atom is 0.252 e. The molecule has 0 spiro atoms. The van der Waals surface area contributed by atoms with E-state index in [4.69, 9.17) is 11.6 Å². The normalized spacial score (nSPS) is 11.5. The van der Waals surface area contributed by atoms with Gasteiger partial charge in [-0.25, -0.2) is 0 Å². The van der Waals surface area contributed by atoms with E-state index in [2.05, 4.69) is 5.32 Å². The first-order valence-corrected chi connectivity index (χ1v) is 6.93. The van der Waals surface area contributed by atoms with E-state index >= 15 is 0 Å². The zero-order valence-corrected chi connectivity index (χ0v) is 12.0. The summed E-state index contributed by atoms with van der Waals surface area (Å²) in [6.45, 7) is 3.97. The van der Waals surface area contributed by atoms with Gasteiger partial charge in [0.15, 0.2) is 0 Å². The number of benzene rings is 2. The maximum absolute atomic E-state index is 12.4. The van der Waals surface area contributed by atoms with Crippen LogP contribution in [0.4, 0.5) is 0 Å². The van der Waals surface area contributed by atoms with Crippen LogP contribution in [0, 0.1) is 0 Å². The SMILES string of the molecule is CC(C)(CCCl)NC(=O)c1cccc2ccccc12.